The Kier molecular flexibility index (Phi) is 4.44. The molecule has 1 aliphatic carbocycles. The van der Waals surface area contributed by atoms with Crippen LogP contribution in [-0.4, -0.2) is 15.1 Å². The monoisotopic (exact) mass is 249 g/mol. The molecule has 0 aromatic carbocycles. The van der Waals surface area contributed by atoms with E-state index in [2.05, 4.69) is 29.6 Å². The van der Waals surface area contributed by atoms with Gasteiger partial charge in [-0.2, -0.15) is 0 Å². The molecule has 2 rings (SSSR count). The zero-order chi connectivity index (χ0) is 13.0. The summed E-state index contributed by atoms with van der Waals surface area (Å²) in [6.07, 6.45) is 12.4. The van der Waals surface area contributed by atoms with Crippen molar-refractivity contribution in [3.63, 3.8) is 0 Å². The van der Waals surface area contributed by atoms with Gasteiger partial charge in [0, 0.05) is 30.9 Å². The predicted octanol–water partition coefficient (Wildman–Crippen LogP) is 3.13. The van der Waals surface area contributed by atoms with Gasteiger partial charge in [0.05, 0.1) is 0 Å². The first-order chi connectivity index (χ1) is 8.67. The van der Waals surface area contributed by atoms with E-state index in [9.17, 15) is 0 Å². The van der Waals surface area contributed by atoms with Crippen molar-refractivity contribution in [1.29, 1.82) is 0 Å². The van der Waals surface area contributed by atoms with Crippen LogP contribution in [0.4, 0.5) is 0 Å². The number of imidazole rings is 1. The Bertz CT molecular complexity index is 372. The molecule has 1 saturated carbocycles. The summed E-state index contributed by atoms with van der Waals surface area (Å²) in [7, 11) is 0. The van der Waals surface area contributed by atoms with E-state index < -0.39 is 0 Å². The van der Waals surface area contributed by atoms with Gasteiger partial charge in [-0.05, 0) is 32.1 Å². The molecule has 0 bridgehead atoms. The molecule has 3 heteroatoms. The molecule has 1 aliphatic rings. The van der Waals surface area contributed by atoms with Crippen molar-refractivity contribution < 1.29 is 0 Å². The fourth-order valence-corrected chi connectivity index (χ4v) is 3.20. The maximum Gasteiger partial charge on any atom is 0.110 e. The Morgan fingerprint density at radius 1 is 1.39 bits per heavy atom. The number of nitrogens with zero attached hydrogens (tertiary/aromatic N) is 2. The molecule has 3 nitrogen and oxygen atoms in total. The lowest BCUT2D eigenvalue weighted by molar-refractivity contribution is 0.348. The van der Waals surface area contributed by atoms with Gasteiger partial charge in [-0.3, -0.25) is 0 Å². The lowest BCUT2D eigenvalue weighted by atomic mass is 9.87. The number of hydrogen-bond acceptors (Lipinski definition) is 2. The van der Waals surface area contributed by atoms with Crippen molar-refractivity contribution in [2.45, 2.75) is 70.9 Å². The molecule has 1 aromatic heterocycles. The molecule has 0 spiro atoms. The van der Waals surface area contributed by atoms with Crippen molar-refractivity contribution in [2.24, 2.45) is 11.7 Å². The average molecular weight is 249 g/mol. The Morgan fingerprint density at radius 3 is 2.94 bits per heavy atom. The van der Waals surface area contributed by atoms with Gasteiger partial charge < -0.3 is 10.3 Å². The molecule has 18 heavy (non-hydrogen) atoms. The van der Waals surface area contributed by atoms with Crippen LogP contribution in [0.3, 0.4) is 0 Å². The molecule has 0 aliphatic heterocycles. The van der Waals surface area contributed by atoms with Crippen LogP contribution < -0.4 is 5.73 Å². The van der Waals surface area contributed by atoms with Crippen molar-refractivity contribution in [1.82, 2.24) is 9.55 Å². The number of nitrogens with two attached hydrogens (primary N) is 1. The lowest BCUT2D eigenvalue weighted by Crippen LogP contribution is -2.42. The first-order valence-electron chi connectivity index (χ1n) is 7.46. The number of aryl methyl sites for hydroxylation is 1. The largest absolute Gasteiger partial charge is 0.335 e. The molecule has 0 amide bonds. The highest BCUT2D eigenvalue weighted by molar-refractivity contribution is 5.01. The van der Waals surface area contributed by atoms with E-state index in [-0.39, 0.29) is 5.54 Å². The second-order valence-corrected chi connectivity index (χ2v) is 5.87. The second-order valence-electron chi connectivity index (χ2n) is 5.87. The number of aromatic nitrogens is 2. The molecular weight excluding hydrogens is 222 g/mol. The van der Waals surface area contributed by atoms with Crippen molar-refractivity contribution >= 4 is 0 Å². The van der Waals surface area contributed by atoms with Crippen molar-refractivity contribution in [2.75, 3.05) is 0 Å². The zero-order valence-electron chi connectivity index (χ0n) is 11.9. The lowest BCUT2D eigenvalue weighted by Gasteiger charge is -2.28. The van der Waals surface area contributed by atoms with Crippen LogP contribution in [0.5, 0.6) is 0 Å². The summed E-state index contributed by atoms with van der Waals surface area (Å²) in [5, 5.41) is 0. The molecule has 2 N–H and O–H groups in total. The Labute approximate surface area is 111 Å². The van der Waals surface area contributed by atoms with Gasteiger partial charge in [-0.15, -0.1) is 0 Å². The first kappa shape index (κ1) is 13.6. The predicted molar refractivity (Wildman–Crippen MR) is 75.4 cm³/mol. The summed E-state index contributed by atoms with van der Waals surface area (Å²) in [5.74, 6) is 2.05. The van der Waals surface area contributed by atoms with E-state index in [4.69, 9.17) is 5.73 Å². The Hall–Kier alpha value is -0.830. The number of hydrogen-bond donors (Lipinski definition) is 1. The van der Waals surface area contributed by atoms with Crippen LogP contribution in [-0.2, 0) is 13.0 Å². The van der Waals surface area contributed by atoms with E-state index in [0.29, 0.717) is 0 Å². The van der Waals surface area contributed by atoms with Crippen LogP contribution in [0, 0.1) is 5.92 Å². The first-order valence-corrected chi connectivity index (χ1v) is 7.46. The summed E-state index contributed by atoms with van der Waals surface area (Å²) < 4.78 is 2.22. The molecule has 1 fully saturated rings. The van der Waals surface area contributed by atoms with Crippen LogP contribution >= 0.6 is 0 Å². The quantitative estimate of drug-likeness (QED) is 0.833. The van der Waals surface area contributed by atoms with E-state index in [0.717, 1.165) is 37.5 Å². The summed E-state index contributed by atoms with van der Waals surface area (Å²) in [5.41, 5.74) is 6.61. The Morgan fingerprint density at radius 2 is 2.22 bits per heavy atom. The van der Waals surface area contributed by atoms with E-state index in [1.807, 2.05) is 6.20 Å². The van der Waals surface area contributed by atoms with Crippen LogP contribution in [0.15, 0.2) is 12.4 Å². The van der Waals surface area contributed by atoms with Gasteiger partial charge in [0.1, 0.15) is 5.82 Å². The zero-order valence-corrected chi connectivity index (χ0v) is 11.9. The van der Waals surface area contributed by atoms with Crippen molar-refractivity contribution in [3.05, 3.63) is 18.2 Å². The van der Waals surface area contributed by atoms with Gasteiger partial charge >= 0.3 is 0 Å². The molecule has 2 unspecified atom stereocenters. The molecule has 0 radical (unpaired) electrons. The molecule has 0 saturated heterocycles. The SMILES string of the molecule is CCC1CCCC(N)(Cc2nccn2CC)CC1. The fourth-order valence-electron chi connectivity index (χ4n) is 3.20. The minimum Gasteiger partial charge on any atom is -0.335 e. The van der Waals surface area contributed by atoms with E-state index in [1.165, 1.54) is 25.7 Å². The normalized spacial score (nSPS) is 29.2. The highest BCUT2D eigenvalue weighted by Gasteiger charge is 2.30. The highest BCUT2D eigenvalue weighted by atomic mass is 15.1. The molecule has 102 valence electrons. The van der Waals surface area contributed by atoms with Gasteiger partial charge in [0.15, 0.2) is 0 Å². The maximum atomic E-state index is 6.64. The third-order valence-corrected chi connectivity index (χ3v) is 4.57. The van der Waals surface area contributed by atoms with Crippen LogP contribution in [0.2, 0.25) is 0 Å². The third-order valence-electron chi connectivity index (χ3n) is 4.57. The van der Waals surface area contributed by atoms with E-state index >= 15 is 0 Å². The van der Waals surface area contributed by atoms with Gasteiger partial charge in [-0.1, -0.05) is 26.2 Å². The number of rotatable bonds is 4. The Balaban J connectivity index is 2.03. The van der Waals surface area contributed by atoms with Crippen molar-refractivity contribution in [3.8, 4) is 0 Å². The summed E-state index contributed by atoms with van der Waals surface area (Å²) >= 11 is 0. The van der Waals surface area contributed by atoms with Gasteiger partial charge in [0.25, 0.3) is 0 Å². The van der Waals surface area contributed by atoms with Crippen LogP contribution in [0.1, 0.15) is 58.2 Å². The summed E-state index contributed by atoms with van der Waals surface area (Å²) in [6, 6.07) is 0. The minimum absolute atomic E-state index is 0.0256. The van der Waals surface area contributed by atoms with Gasteiger partial charge in [-0.25, -0.2) is 4.98 Å². The summed E-state index contributed by atoms with van der Waals surface area (Å²) in [4.78, 5) is 4.48. The molecule has 2 atom stereocenters. The maximum absolute atomic E-state index is 6.64. The summed E-state index contributed by atoms with van der Waals surface area (Å²) in [6.45, 7) is 5.45. The van der Waals surface area contributed by atoms with E-state index in [1.54, 1.807) is 0 Å². The minimum atomic E-state index is -0.0256. The average Bonchev–Trinajstić information content (AvgIpc) is 2.71. The standard InChI is InChI=1S/C15H27N3/c1-3-13-6-5-8-15(16,9-7-13)12-14-17-10-11-18(14)4-2/h10-11,13H,3-9,12,16H2,1-2H3. The smallest absolute Gasteiger partial charge is 0.110 e. The highest BCUT2D eigenvalue weighted by Crippen LogP contribution is 2.32. The topological polar surface area (TPSA) is 43.8 Å². The molecule has 1 aromatic rings. The van der Waals surface area contributed by atoms with Crippen LogP contribution in [0.25, 0.3) is 0 Å². The molecule has 1 heterocycles. The third kappa shape index (κ3) is 3.14. The fraction of sp³-hybridized carbons (Fsp3) is 0.800. The second kappa shape index (κ2) is 5.87. The van der Waals surface area contributed by atoms with Gasteiger partial charge in [0.2, 0.25) is 0 Å². The molecular formula is C15H27N3.